The highest BCUT2D eigenvalue weighted by molar-refractivity contribution is 7.13. The Bertz CT molecular complexity index is 1000. The van der Waals surface area contributed by atoms with Crippen molar-refractivity contribution in [3.05, 3.63) is 42.0 Å². The number of rotatable bonds is 4. The van der Waals surface area contributed by atoms with E-state index in [2.05, 4.69) is 43.4 Å². The molecule has 1 saturated heterocycles. The van der Waals surface area contributed by atoms with E-state index in [9.17, 15) is 4.79 Å². The fourth-order valence-electron chi connectivity index (χ4n) is 4.12. The number of aromatic nitrogens is 3. The lowest BCUT2D eigenvalue weighted by atomic mass is 10.2. The molecule has 146 valence electrons. The van der Waals surface area contributed by atoms with Gasteiger partial charge in [-0.05, 0) is 30.6 Å². The number of piperazine rings is 1. The fourth-order valence-corrected chi connectivity index (χ4v) is 4.91. The zero-order chi connectivity index (χ0) is 19.1. The van der Waals surface area contributed by atoms with Crippen LogP contribution in [0.15, 0.2) is 30.5 Å². The third kappa shape index (κ3) is 3.16. The number of amides is 1. The van der Waals surface area contributed by atoms with Crippen LogP contribution in [-0.4, -0.2) is 75.4 Å². The van der Waals surface area contributed by atoms with Crippen LogP contribution in [0.5, 0.6) is 0 Å². The molecule has 0 spiro atoms. The van der Waals surface area contributed by atoms with Gasteiger partial charge >= 0.3 is 0 Å². The average Bonchev–Trinajstić information content (AvgIpc) is 3.31. The normalized spacial score (nSPS) is 18.1. The summed E-state index contributed by atoms with van der Waals surface area (Å²) >= 11 is 1.58. The first-order valence-corrected chi connectivity index (χ1v) is 10.6. The van der Waals surface area contributed by atoms with Crippen LogP contribution in [0.25, 0.3) is 10.1 Å². The summed E-state index contributed by atoms with van der Waals surface area (Å²) in [7, 11) is 0. The van der Waals surface area contributed by atoms with E-state index >= 15 is 0 Å². The van der Waals surface area contributed by atoms with Crippen LogP contribution >= 0.6 is 11.5 Å². The molecule has 0 radical (unpaired) electrons. The molecular formula is C20H24N6OS. The monoisotopic (exact) mass is 396 g/mol. The molecule has 1 aromatic carbocycles. The molecule has 2 aliphatic heterocycles. The molecule has 7 nitrogen and oxygen atoms in total. The molecule has 1 fully saturated rings. The van der Waals surface area contributed by atoms with Gasteiger partial charge in [0.05, 0.1) is 10.4 Å². The molecule has 0 atom stereocenters. The summed E-state index contributed by atoms with van der Waals surface area (Å²) in [6.45, 7) is 9.19. The van der Waals surface area contributed by atoms with Gasteiger partial charge in [0.15, 0.2) is 5.82 Å². The van der Waals surface area contributed by atoms with Crippen molar-refractivity contribution >= 4 is 33.3 Å². The van der Waals surface area contributed by atoms with Crippen LogP contribution in [-0.2, 0) is 6.54 Å². The number of aryl methyl sites for hydroxylation is 1. The molecule has 2 aliphatic rings. The summed E-state index contributed by atoms with van der Waals surface area (Å²) in [6, 6.07) is 8.44. The summed E-state index contributed by atoms with van der Waals surface area (Å²) < 4.78 is 7.91. The lowest BCUT2D eigenvalue weighted by molar-refractivity contribution is 0.0673. The highest BCUT2D eigenvalue weighted by Crippen LogP contribution is 2.29. The quantitative estimate of drug-likeness (QED) is 0.676. The minimum atomic E-state index is 0.0620. The molecule has 8 heteroatoms. The van der Waals surface area contributed by atoms with Crippen molar-refractivity contribution in [1.29, 1.82) is 0 Å². The summed E-state index contributed by atoms with van der Waals surface area (Å²) in [5.74, 6) is 1.77. The molecular weight excluding hydrogens is 372 g/mol. The molecule has 0 unspecified atom stereocenters. The molecule has 0 aliphatic carbocycles. The number of fused-ring (bicyclic) bond motifs is 2. The van der Waals surface area contributed by atoms with Gasteiger partial charge in [-0.25, -0.2) is 4.98 Å². The van der Waals surface area contributed by atoms with Crippen molar-refractivity contribution in [3.8, 4) is 0 Å². The first-order chi connectivity index (χ1) is 13.7. The summed E-state index contributed by atoms with van der Waals surface area (Å²) in [6.07, 6.45) is 1.96. The summed E-state index contributed by atoms with van der Waals surface area (Å²) in [5.41, 5.74) is 0.913. The van der Waals surface area contributed by atoms with Crippen LogP contribution < -0.4 is 4.90 Å². The smallest absolute Gasteiger partial charge is 0.289 e. The van der Waals surface area contributed by atoms with Crippen LogP contribution in [0.3, 0.4) is 0 Å². The summed E-state index contributed by atoms with van der Waals surface area (Å²) in [5, 5.41) is 1.26. The van der Waals surface area contributed by atoms with Crippen molar-refractivity contribution < 1.29 is 4.79 Å². The highest BCUT2D eigenvalue weighted by Gasteiger charge is 2.27. The van der Waals surface area contributed by atoms with E-state index < -0.39 is 0 Å². The second kappa shape index (κ2) is 7.18. The average molecular weight is 397 g/mol. The molecule has 0 saturated carbocycles. The minimum Gasteiger partial charge on any atom is -0.353 e. The SMILES string of the molecule is Cc1cn2c(n1)C(=O)N(CCN1CCN(c3nsc4ccccc34)CC1)CC2. The number of carbonyl (C=O) groups excluding carboxylic acids is 1. The van der Waals surface area contributed by atoms with E-state index in [0.29, 0.717) is 5.82 Å². The van der Waals surface area contributed by atoms with Crippen molar-refractivity contribution in [2.45, 2.75) is 13.5 Å². The van der Waals surface area contributed by atoms with E-state index in [1.165, 1.54) is 10.1 Å². The lowest BCUT2D eigenvalue weighted by Crippen LogP contribution is -2.50. The van der Waals surface area contributed by atoms with Gasteiger partial charge in [0.1, 0.15) is 5.82 Å². The zero-order valence-corrected chi connectivity index (χ0v) is 16.9. The second-order valence-electron chi connectivity index (χ2n) is 7.52. The Balaban J connectivity index is 1.17. The van der Waals surface area contributed by atoms with Gasteiger partial charge in [-0.2, -0.15) is 4.37 Å². The fraction of sp³-hybridized carbons (Fsp3) is 0.450. The number of anilines is 1. The Kier molecular flexibility index (Phi) is 4.52. The largest absolute Gasteiger partial charge is 0.353 e. The van der Waals surface area contributed by atoms with Crippen LogP contribution in [0.4, 0.5) is 5.82 Å². The second-order valence-corrected chi connectivity index (χ2v) is 8.33. The van der Waals surface area contributed by atoms with E-state index in [1.54, 1.807) is 11.5 Å². The van der Waals surface area contributed by atoms with Crippen LogP contribution in [0.1, 0.15) is 16.3 Å². The van der Waals surface area contributed by atoms with Crippen molar-refractivity contribution in [1.82, 2.24) is 23.7 Å². The number of hydrogen-bond donors (Lipinski definition) is 0. The number of hydrogen-bond acceptors (Lipinski definition) is 6. The Hall–Kier alpha value is -2.45. The molecule has 4 heterocycles. The standard InChI is InChI=1S/C20H24N6OS/c1-15-14-26-13-12-25(20(27)19(26)21-15)11-8-23-6-9-24(10-7-23)18-16-4-2-3-5-17(16)28-22-18/h2-5,14H,6-13H2,1H3. The zero-order valence-electron chi connectivity index (χ0n) is 16.0. The van der Waals surface area contributed by atoms with Gasteiger partial charge < -0.3 is 14.4 Å². The first kappa shape index (κ1) is 17.6. The highest BCUT2D eigenvalue weighted by atomic mass is 32.1. The van der Waals surface area contributed by atoms with E-state index in [-0.39, 0.29) is 5.91 Å². The third-order valence-electron chi connectivity index (χ3n) is 5.70. The van der Waals surface area contributed by atoms with Gasteiger partial charge in [0.25, 0.3) is 5.91 Å². The van der Waals surface area contributed by atoms with Gasteiger partial charge in [-0.1, -0.05) is 12.1 Å². The van der Waals surface area contributed by atoms with Crippen molar-refractivity contribution in [3.63, 3.8) is 0 Å². The van der Waals surface area contributed by atoms with Gasteiger partial charge in [0, 0.05) is 63.9 Å². The lowest BCUT2D eigenvalue weighted by Gasteiger charge is -2.36. The molecule has 28 heavy (non-hydrogen) atoms. The van der Waals surface area contributed by atoms with Crippen LogP contribution in [0, 0.1) is 6.92 Å². The van der Waals surface area contributed by atoms with Crippen molar-refractivity contribution in [2.75, 3.05) is 50.7 Å². The Labute approximate surface area is 168 Å². The number of carbonyl (C=O) groups is 1. The van der Waals surface area contributed by atoms with Gasteiger partial charge in [0.2, 0.25) is 0 Å². The van der Waals surface area contributed by atoms with Gasteiger partial charge in [-0.3, -0.25) is 9.69 Å². The molecule has 0 N–H and O–H groups in total. The minimum absolute atomic E-state index is 0.0620. The van der Waals surface area contributed by atoms with E-state index in [1.807, 2.05) is 22.6 Å². The van der Waals surface area contributed by atoms with E-state index in [4.69, 9.17) is 0 Å². The topological polar surface area (TPSA) is 57.5 Å². The summed E-state index contributed by atoms with van der Waals surface area (Å²) in [4.78, 5) is 23.8. The number of nitrogens with zero attached hydrogens (tertiary/aromatic N) is 6. The van der Waals surface area contributed by atoms with E-state index in [0.717, 1.165) is 63.9 Å². The molecule has 0 bridgehead atoms. The molecule has 1 amide bonds. The third-order valence-corrected chi connectivity index (χ3v) is 6.52. The Morgan fingerprint density at radius 3 is 2.71 bits per heavy atom. The molecule has 2 aromatic heterocycles. The number of benzene rings is 1. The Morgan fingerprint density at radius 1 is 1.04 bits per heavy atom. The first-order valence-electron chi connectivity index (χ1n) is 9.84. The van der Waals surface area contributed by atoms with Gasteiger partial charge in [-0.15, -0.1) is 0 Å². The maximum atomic E-state index is 12.6. The predicted octanol–water partition coefficient (Wildman–Crippen LogP) is 2.08. The molecule has 5 rings (SSSR count). The number of imidazole rings is 1. The maximum absolute atomic E-state index is 12.6. The predicted molar refractivity (Wildman–Crippen MR) is 111 cm³/mol. The van der Waals surface area contributed by atoms with Crippen LogP contribution in [0.2, 0.25) is 0 Å². The molecule has 3 aromatic rings. The van der Waals surface area contributed by atoms with Crippen molar-refractivity contribution in [2.24, 2.45) is 0 Å². The maximum Gasteiger partial charge on any atom is 0.289 e. The Morgan fingerprint density at radius 2 is 1.86 bits per heavy atom.